The van der Waals surface area contributed by atoms with E-state index in [0.717, 1.165) is 23.3 Å². The molecule has 1 N–H and O–H groups in total. The monoisotopic (exact) mass is 609 g/mol. The van der Waals surface area contributed by atoms with E-state index in [1.165, 1.54) is 36.1 Å². The molecular formula is C29H31ClF3N3O4S. The minimum atomic E-state index is -4.87. The summed E-state index contributed by atoms with van der Waals surface area (Å²) in [5.41, 5.74) is 0.702. The van der Waals surface area contributed by atoms with Crippen LogP contribution in [0.3, 0.4) is 0 Å². The summed E-state index contributed by atoms with van der Waals surface area (Å²) >= 11 is 5.79. The van der Waals surface area contributed by atoms with Crippen molar-refractivity contribution in [3.63, 3.8) is 0 Å². The molecule has 0 aliphatic heterocycles. The minimum Gasteiger partial charge on any atom is -0.355 e. The molecule has 220 valence electrons. The van der Waals surface area contributed by atoms with Gasteiger partial charge in [-0.25, -0.2) is 8.42 Å². The van der Waals surface area contributed by atoms with Gasteiger partial charge in [0.25, 0.3) is 10.0 Å². The summed E-state index contributed by atoms with van der Waals surface area (Å²) in [4.78, 5) is 27.6. The van der Waals surface area contributed by atoms with E-state index in [4.69, 9.17) is 11.6 Å². The molecule has 0 fully saturated rings. The first-order valence-corrected chi connectivity index (χ1v) is 14.6. The largest absolute Gasteiger partial charge is 0.417 e. The van der Waals surface area contributed by atoms with Gasteiger partial charge in [0.2, 0.25) is 11.8 Å². The van der Waals surface area contributed by atoms with Crippen LogP contribution in [0.4, 0.5) is 18.9 Å². The molecule has 0 heterocycles. The Morgan fingerprint density at radius 1 is 0.976 bits per heavy atom. The topological polar surface area (TPSA) is 86.8 Å². The van der Waals surface area contributed by atoms with Gasteiger partial charge in [-0.2, -0.15) is 13.2 Å². The summed E-state index contributed by atoms with van der Waals surface area (Å²) in [7, 11) is -4.54. The number of halogens is 4. The number of hydrogen-bond acceptors (Lipinski definition) is 4. The number of carbonyl (C=O) groups is 2. The molecule has 7 nitrogen and oxygen atoms in total. The molecule has 0 aliphatic rings. The van der Waals surface area contributed by atoms with Crippen LogP contribution in [0, 0.1) is 13.8 Å². The first-order valence-electron chi connectivity index (χ1n) is 12.7. The van der Waals surface area contributed by atoms with Crippen molar-refractivity contribution in [2.24, 2.45) is 0 Å². The highest BCUT2D eigenvalue weighted by molar-refractivity contribution is 7.92. The highest BCUT2D eigenvalue weighted by atomic mass is 35.5. The maximum atomic E-state index is 13.8. The SMILES string of the molecule is CCNC(=O)[C@H](C)N(Cc1cccc(C)c1)C(=O)CN(c1ccc(Cl)c(C(F)(F)F)c1)S(=O)(=O)c1ccc(C)cc1. The summed E-state index contributed by atoms with van der Waals surface area (Å²) in [6, 6.07) is 14.5. The van der Waals surface area contributed by atoms with Crippen molar-refractivity contribution in [1.29, 1.82) is 0 Å². The third kappa shape index (κ3) is 7.80. The standard InChI is InChI=1S/C29H31ClF3N3O4S/c1-5-34-28(38)21(4)35(17-22-8-6-7-20(3)15-22)27(37)18-36(41(39,40)24-12-9-19(2)10-13-24)23-11-14-26(30)25(16-23)29(31,32)33/h6-16,21H,5,17-18H2,1-4H3,(H,34,38)/t21-/m0/s1. The predicted octanol–water partition coefficient (Wildman–Crippen LogP) is 5.72. The van der Waals surface area contributed by atoms with Crippen LogP contribution in [-0.2, 0) is 32.3 Å². The van der Waals surface area contributed by atoms with Gasteiger partial charge in [0.05, 0.1) is 21.2 Å². The second-order valence-corrected chi connectivity index (χ2v) is 11.8. The third-order valence-electron chi connectivity index (χ3n) is 6.38. The maximum absolute atomic E-state index is 13.8. The number of carbonyl (C=O) groups excluding carboxylic acids is 2. The zero-order chi connectivity index (χ0) is 30.5. The van der Waals surface area contributed by atoms with Gasteiger partial charge in [0.1, 0.15) is 12.6 Å². The van der Waals surface area contributed by atoms with Crippen LogP contribution in [0.1, 0.15) is 36.1 Å². The van der Waals surface area contributed by atoms with E-state index >= 15 is 0 Å². The van der Waals surface area contributed by atoms with Crippen molar-refractivity contribution in [2.45, 2.75) is 51.4 Å². The number of hydrogen-bond donors (Lipinski definition) is 1. The number of rotatable bonds is 10. The molecule has 0 bridgehead atoms. The van der Waals surface area contributed by atoms with Crippen molar-refractivity contribution in [3.8, 4) is 0 Å². The highest BCUT2D eigenvalue weighted by Crippen LogP contribution is 2.38. The predicted molar refractivity (Wildman–Crippen MR) is 152 cm³/mol. The van der Waals surface area contributed by atoms with E-state index in [0.29, 0.717) is 22.5 Å². The van der Waals surface area contributed by atoms with E-state index in [9.17, 15) is 31.2 Å². The maximum Gasteiger partial charge on any atom is 0.417 e. The van der Waals surface area contributed by atoms with Crippen LogP contribution in [0.15, 0.2) is 71.6 Å². The third-order valence-corrected chi connectivity index (χ3v) is 8.50. The fourth-order valence-electron chi connectivity index (χ4n) is 4.16. The van der Waals surface area contributed by atoms with Gasteiger partial charge in [0, 0.05) is 13.1 Å². The Bertz CT molecular complexity index is 1510. The molecule has 0 spiro atoms. The quantitative estimate of drug-likeness (QED) is 0.318. The molecule has 3 aromatic rings. The molecule has 3 rings (SSSR count). The number of anilines is 1. The van der Waals surface area contributed by atoms with Gasteiger partial charge in [-0.05, 0) is 63.6 Å². The molecule has 12 heteroatoms. The Morgan fingerprint density at radius 3 is 2.22 bits per heavy atom. The number of nitrogens with one attached hydrogen (secondary N) is 1. The van der Waals surface area contributed by atoms with Gasteiger partial charge in [0.15, 0.2) is 0 Å². The van der Waals surface area contributed by atoms with Gasteiger partial charge >= 0.3 is 6.18 Å². The molecule has 0 aromatic heterocycles. The van der Waals surface area contributed by atoms with Gasteiger partial charge in [-0.1, -0.05) is 59.1 Å². The summed E-state index contributed by atoms with van der Waals surface area (Å²) in [6.07, 6.45) is -4.87. The molecule has 0 saturated heterocycles. The molecular weight excluding hydrogens is 579 g/mol. The lowest BCUT2D eigenvalue weighted by molar-refractivity contribution is -0.139. The van der Waals surface area contributed by atoms with E-state index in [1.807, 2.05) is 19.1 Å². The normalized spacial score (nSPS) is 12.5. The van der Waals surface area contributed by atoms with Crippen molar-refractivity contribution in [2.75, 3.05) is 17.4 Å². The molecule has 0 aliphatic carbocycles. The fourth-order valence-corrected chi connectivity index (χ4v) is 5.79. The van der Waals surface area contributed by atoms with E-state index in [-0.39, 0.29) is 11.4 Å². The summed E-state index contributed by atoms with van der Waals surface area (Å²) in [5.74, 6) is -1.25. The van der Waals surface area contributed by atoms with Crippen LogP contribution in [0.25, 0.3) is 0 Å². The molecule has 1 atom stereocenters. The van der Waals surface area contributed by atoms with Crippen molar-refractivity contribution >= 4 is 39.1 Å². The minimum absolute atomic E-state index is 0.0361. The number of benzene rings is 3. The molecule has 2 amide bonds. The first kappa shape index (κ1) is 32.0. The Labute approximate surface area is 243 Å². The average molecular weight is 610 g/mol. The zero-order valence-electron chi connectivity index (χ0n) is 23.0. The number of likely N-dealkylation sites (N-methyl/N-ethyl adjacent to an activating group) is 1. The molecule has 3 aromatic carbocycles. The Balaban J connectivity index is 2.13. The molecule has 0 saturated carbocycles. The van der Waals surface area contributed by atoms with E-state index < -0.39 is 56.9 Å². The Hall–Kier alpha value is -3.57. The van der Waals surface area contributed by atoms with E-state index in [1.54, 1.807) is 26.0 Å². The zero-order valence-corrected chi connectivity index (χ0v) is 24.6. The van der Waals surface area contributed by atoms with Crippen molar-refractivity contribution < 1.29 is 31.2 Å². The number of sulfonamides is 1. The van der Waals surface area contributed by atoms with Crippen LogP contribution in [0.2, 0.25) is 5.02 Å². The van der Waals surface area contributed by atoms with Crippen LogP contribution in [-0.4, -0.2) is 44.3 Å². The van der Waals surface area contributed by atoms with E-state index in [2.05, 4.69) is 5.32 Å². The van der Waals surface area contributed by atoms with Crippen LogP contribution < -0.4 is 9.62 Å². The lowest BCUT2D eigenvalue weighted by atomic mass is 10.1. The number of nitrogens with zero attached hydrogens (tertiary/aromatic N) is 2. The highest BCUT2D eigenvalue weighted by Gasteiger charge is 2.37. The van der Waals surface area contributed by atoms with Gasteiger partial charge in [-0.3, -0.25) is 13.9 Å². The molecule has 41 heavy (non-hydrogen) atoms. The van der Waals surface area contributed by atoms with Gasteiger partial charge < -0.3 is 10.2 Å². The molecule has 0 unspecified atom stereocenters. The number of alkyl halides is 3. The van der Waals surface area contributed by atoms with Gasteiger partial charge in [-0.15, -0.1) is 0 Å². The number of aryl methyl sites for hydroxylation is 2. The van der Waals surface area contributed by atoms with Crippen LogP contribution in [0.5, 0.6) is 0 Å². The van der Waals surface area contributed by atoms with Crippen molar-refractivity contribution in [3.05, 3.63) is 94.0 Å². The summed E-state index contributed by atoms with van der Waals surface area (Å²) in [5, 5.41) is 2.03. The van der Waals surface area contributed by atoms with Crippen molar-refractivity contribution in [1.82, 2.24) is 10.2 Å². The second-order valence-electron chi connectivity index (χ2n) is 9.57. The summed E-state index contributed by atoms with van der Waals surface area (Å²) < 4.78 is 69.4. The van der Waals surface area contributed by atoms with Crippen LogP contribution >= 0.6 is 11.6 Å². The second kappa shape index (κ2) is 12.9. The fraction of sp³-hybridized carbons (Fsp3) is 0.310. The lowest BCUT2D eigenvalue weighted by Gasteiger charge is -2.32. The Kier molecular flexibility index (Phi) is 10.1. The lowest BCUT2D eigenvalue weighted by Crippen LogP contribution is -2.51. The molecule has 0 radical (unpaired) electrons. The smallest absolute Gasteiger partial charge is 0.355 e. The summed E-state index contributed by atoms with van der Waals surface area (Å²) in [6.45, 7) is 6.22. The number of amides is 2. The Morgan fingerprint density at radius 2 is 1.63 bits per heavy atom. The first-order chi connectivity index (χ1) is 19.1. The average Bonchev–Trinajstić information content (AvgIpc) is 2.90.